The smallest absolute Gasteiger partial charge is 0.200 e. The highest BCUT2D eigenvalue weighted by Gasteiger charge is 2.09. The van der Waals surface area contributed by atoms with Crippen LogP contribution in [-0.4, -0.2) is 19.3 Å². The molecular weight excluding hydrogens is 204 g/mol. The summed E-state index contributed by atoms with van der Waals surface area (Å²) in [5, 5.41) is 9.72. The van der Waals surface area contributed by atoms with Gasteiger partial charge in [0.15, 0.2) is 11.5 Å². The van der Waals surface area contributed by atoms with E-state index < -0.39 is 0 Å². The number of hydrogen-bond acceptors (Lipinski definition) is 3. The van der Waals surface area contributed by atoms with Gasteiger partial charge in [-0.1, -0.05) is 26.0 Å². The van der Waals surface area contributed by atoms with Gasteiger partial charge < -0.3 is 14.6 Å². The standard InChI is InChI=1S/C13H18O3/c1-9(2)5-6-10-7-11(15-3)13(14)12(8-10)16-4/h5-9,14H,1-4H3/b6-5+. The molecule has 0 spiro atoms. The van der Waals surface area contributed by atoms with E-state index in [1.807, 2.05) is 6.08 Å². The lowest BCUT2D eigenvalue weighted by atomic mass is 10.1. The molecule has 0 aliphatic rings. The van der Waals surface area contributed by atoms with Gasteiger partial charge in [0.1, 0.15) is 0 Å². The van der Waals surface area contributed by atoms with Gasteiger partial charge in [0.2, 0.25) is 5.75 Å². The Kier molecular flexibility index (Phi) is 4.23. The van der Waals surface area contributed by atoms with Crippen molar-refractivity contribution in [3.05, 3.63) is 23.8 Å². The van der Waals surface area contributed by atoms with Crippen LogP contribution in [-0.2, 0) is 0 Å². The summed E-state index contributed by atoms with van der Waals surface area (Å²) in [5.41, 5.74) is 0.945. The lowest BCUT2D eigenvalue weighted by Gasteiger charge is -2.09. The summed E-state index contributed by atoms with van der Waals surface area (Å²) in [4.78, 5) is 0. The van der Waals surface area contributed by atoms with Crippen molar-refractivity contribution in [2.75, 3.05) is 14.2 Å². The van der Waals surface area contributed by atoms with Crippen molar-refractivity contribution >= 4 is 6.08 Å². The first-order valence-corrected chi connectivity index (χ1v) is 5.21. The molecule has 1 N–H and O–H groups in total. The maximum atomic E-state index is 9.72. The van der Waals surface area contributed by atoms with E-state index in [2.05, 4.69) is 19.9 Å². The lowest BCUT2D eigenvalue weighted by Crippen LogP contribution is -1.90. The van der Waals surface area contributed by atoms with Gasteiger partial charge in [0.05, 0.1) is 14.2 Å². The summed E-state index contributed by atoms with van der Waals surface area (Å²) in [6.45, 7) is 4.21. The van der Waals surface area contributed by atoms with Crippen LogP contribution in [0.15, 0.2) is 18.2 Å². The molecule has 1 rings (SSSR count). The van der Waals surface area contributed by atoms with E-state index in [1.54, 1.807) is 12.1 Å². The van der Waals surface area contributed by atoms with E-state index >= 15 is 0 Å². The molecule has 0 heterocycles. The summed E-state index contributed by atoms with van der Waals surface area (Å²) < 4.78 is 10.1. The minimum absolute atomic E-state index is 0.0340. The first-order chi connectivity index (χ1) is 7.58. The van der Waals surface area contributed by atoms with Crippen LogP contribution in [0.4, 0.5) is 0 Å². The van der Waals surface area contributed by atoms with Gasteiger partial charge in [0, 0.05) is 0 Å². The van der Waals surface area contributed by atoms with Crippen molar-refractivity contribution in [2.24, 2.45) is 5.92 Å². The van der Waals surface area contributed by atoms with Gasteiger partial charge >= 0.3 is 0 Å². The number of methoxy groups -OCH3 is 2. The van der Waals surface area contributed by atoms with Crippen LogP contribution in [0.5, 0.6) is 17.2 Å². The zero-order valence-corrected chi connectivity index (χ0v) is 10.2. The summed E-state index contributed by atoms with van der Waals surface area (Å²) in [6, 6.07) is 3.55. The Morgan fingerprint density at radius 3 is 2.00 bits per heavy atom. The fourth-order valence-electron chi connectivity index (χ4n) is 1.31. The van der Waals surface area contributed by atoms with Gasteiger partial charge in [0.25, 0.3) is 0 Å². The lowest BCUT2D eigenvalue weighted by molar-refractivity contribution is 0.340. The third-order valence-corrected chi connectivity index (χ3v) is 2.18. The highest BCUT2D eigenvalue weighted by Crippen LogP contribution is 2.37. The fourth-order valence-corrected chi connectivity index (χ4v) is 1.31. The van der Waals surface area contributed by atoms with Crippen LogP contribution in [0, 0.1) is 5.92 Å². The molecule has 88 valence electrons. The minimum atomic E-state index is 0.0340. The van der Waals surface area contributed by atoms with Crippen LogP contribution < -0.4 is 9.47 Å². The van der Waals surface area contributed by atoms with Gasteiger partial charge in [-0.25, -0.2) is 0 Å². The molecule has 0 aromatic heterocycles. The third kappa shape index (κ3) is 2.92. The second-order valence-corrected chi connectivity index (χ2v) is 3.88. The zero-order chi connectivity index (χ0) is 12.1. The first-order valence-electron chi connectivity index (χ1n) is 5.21. The van der Waals surface area contributed by atoms with Crippen LogP contribution in [0.2, 0.25) is 0 Å². The average molecular weight is 222 g/mol. The number of aromatic hydroxyl groups is 1. The molecular formula is C13H18O3. The van der Waals surface area contributed by atoms with E-state index in [0.717, 1.165) is 5.56 Å². The zero-order valence-electron chi connectivity index (χ0n) is 10.2. The van der Waals surface area contributed by atoms with Crippen molar-refractivity contribution < 1.29 is 14.6 Å². The van der Waals surface area contributed by atoms with Crippen LogP contribution >= 0.6 is 0 Å². The predicted molar refractivity (Wildman–Crippen MR) is 65.1 cm³/mol. The monoisotopic (exact) mass is 222 g/mol. The van der Waals surface area contributed by atoms with Crippen molar-refractivity contribution in [1.29, 1.82) is 0 Å². The average Bonchev–Trinajstić information content (AvgIpc) is 2.27. The van der Waals surface area contributed by atoms with Crippen LogP contribution in [0.1, 0.15) is 19.4 Å². The molecule has 0 saturated carbocycles. The number of ether oxygens (including phenoxy) is 2. The Bertz CT molecular complexity index is 356. The van der Waals surface area contributed by atoms with Crippen LogP contribution in [0.25, 0.3) is 6.08 Å². The molecule has 0 atom stereocenters. The fraction of sp³-hybridized carbons (Fsp3) is 0.385. The maximum Gasteiger partial charge on any atom is 0.200 e. The maximum absolute atomic E-state index is 9.72. The van der Waals surface area contributed by atoms with Crippen molar-refractivity contribution in [2.45, 2.75) is 13.8 Å². The van der Waals surface area contributed by atoms with Crippen LogP contribution in [0.3, 0.4) is 0 Å². The highest BCUT2D eigenvalue weighted by atomic mass is 16.5. The molecule has 0 amide bonds. The van der Waals surface area contributed by atoms with E-state index in [9.17, 15) is 5.11 Å². The Morgan fingerprint density at radius 2 is 1.62 bits per heavy atom. The van der Waals surface area contributed by atoms with Crippen molar-refractivity contribution in [3.8, 4) is 17.2 Å². The van der Waals surface area contributed by atoms with Gasteiger partial charge in [-0.2, -0.15) is 0 Å². The molecule has 3 nitrogen and oxygen atoms in total. The molecule has 1 aromatic rings. The number of phenolic OH excluding ortho intramolecular Hbond substituents is 1. The summed E-state index contributed by atoms with van der Waals surface area (Å²) in [5.74, 6) is 1.35. The SMILES string of the molecule is COc1cc(/C=C/C(C)C)cc(OC)c1O. The predicted octanol–water partition coefficient (Wildman–Crippen LogP) is 3.08. The first kappa shape index (κ1) is 12.4. The molecule has 1 aromatic carbocycles. The molecule has 3 heteroatoms. The minimum Gasteiger partial charge on any atom is -0.502 e. The van der Waals surface area contributed by atoms with Crippen molar-refractivity contribution in [1.82, 2.24) is 0 Å². The normalized spacial score (nSPS) is 11.1. The summed E-state index contributed by atoms with van der Waals surface area (Å²) in [6.07, 6.45) is 4.06. The molecule has 0 bridgehead atoms. The number of phenols is 1. The molecule has 0 fully saturated rings. The number of allylic oxidation sites excluding steroid dienone is 1. The summed E-state index contributed by atoms with van der Waals surface area (Å²) >= 11 is 0. The Morgan fingerprint density at radius 1 is 1.12 bits per heavy atom. The Balaban J connectivity index is 3.12. The Hall–Kier alpha value is -1.64. The van der Waals surface area contributed by atoms with Crippen molar-refractivity contribution in [3.63, 3.8) is 0 Å². The van der Waals surface area contributed by atoms with E-state index in [4.69, 9.17) is 9.47 Å². The third-order valence-electron chi connectivity index (χ3n) is 2.18. The van der Waals surface area contributed by atoms with Gasteiger partial charge in [-0.3, -0.25) is 0 Å². The van der Waals surface area contributed by atoms with Gasteiger partial charge in [-0.05, 0) is 23.6 Å². The van der Waals surface area contributed by atoms with E-state index in [0.29, 0.717) is 17.4 Å². The highest BCUT2D eigenvalue weighted by molar-refractivity contribution is 5.61. The van der Waals surface area contributed by atoms with E-state index in [1.165, 1.54) is 14.2 Å². The second kappa shape index (κ2) is 5.45. The largest absolute Gasteiger partial charge is 0.502 e. The summed E-state index contributed by atoms with van der Waals surface area (Å²) in [7, 11) is 3.04. The van der Waals surface area contributed by atoms with Gasteiger partial charge in [-0.15, -0.1) is 0 Å². The molecule has 0 aliphatic heterocycles. The van der Waals surface area contributed by atoms with E-state index in [-0.39, 0.29) is 5.75 Å². The second-order valence-electron chi connectivity index (χ2n) is 3.88. The quantitative estimate of drug-likeness (QED) is 0.850. The number of benzene rings is 1. The number of hydrogen-bond donors (Lipinski definition) is 1. The topological polar surface area (TPSA) is 38.7 Å². The molecule has 0 radical (unpaired) electrons. The Labute approximate surface area is 96.3 Å². The molecule has 16 heavy (non-hydrogen) atoms. The molecule has 0 aliphatic carbocycles. The molecule has 0 saturated heterocycles. The number of rotatable bonds is 4. The molecule has 0 unspecified atom stereocenters.